The summed E-state index contributed by atoms with van der Waals surface area (Å²) in [6, 6.07) is 2.59. The maximum Gasteiger partial charge on any atom is 0.337 e. The van der Waals surface area contributed by atoms with E-state index in [1.807, 2.05) is 6.92 Å². The van der Waals surface area contributed by atoms with Crippen molar-refractivity contribution < 1.29 is 14.7 Å². The Morgan fingerprint density at radius 1 is 1.44 bits per heavy atom. The van der Waals surface area contributed by atoms with E-state index in [1.54, 1.807) is 19.9 Å². The summed E-state index contributed by atoms with van der Waals surface area (Å²) in [5.41, 5.74) is 0.571. The number of carbonyl (C=O) groups excluding carboxylic acids is 1. The van der Waals surface area contributed by atoms with Gasteiger partial charge in [-0.3, -0.25) is 4.79 Å². The molecule has 6 heteroatoms. The van der Waals surface area contributed by atoms with Crippen LogP contribution >= 0.6 is 0 Å². The number of anilines is 1. The van der Waals surface area contributed by atoms with Crippen molar-refractivity contribution in [3.63, 3.8) is 0 Å². The van der Waals surface area contributed by atoms with Gasteiger partial charge in [0.1, 0.15) is 11.9 Å². The summed E-state index contributed by atoms with van der Waals surface area (Å²) in [6.07, 6.45) is 0. The molecule has 0 saturated carbocycles. The summed E-state index contributed by atoms with van der Waals surface area (Å²) >= 11 is 0. The normalized spacial score (nSPS) is 11.7. The SMILES string of the molecule is CCNC(=O)C(C)Nc1ccc(C(=O)O)c(C)n1. The number of carboxylic acid groups (broad SMARTS) is 1. The summed E-state index contributed by atoms with van der Waals surface area (Å²) in [6.45, 7) is 5.74. The van der Waals surface area contributed by atoms with Gasteiger partial charge in [0.2, 0.25) is 5.91 Å². The molecule has 1 heterocycles. The number of hydrogen-bond donors (Lipinski definition) is 3. The zero-order valence-corrected chi connectivity index (χ0v) is 10.7. The number of aryl methyl sites for hydroxylation is 1. The lowest BCUT2D eigenvalue weighted by molar-refractivity contribution is -0.121. The molecule has 0 saturated heterocycles. The first kappa shape index (κ1) is 14.0. The van der Waals surface area contributed by atoms with Crippen molar-refractivity contribution in [3.05, 3.63) is 23.4 Å². The Kier molecular flexibility index (Phi) is 4.65. The summed E-state index contributed by atoms with van der Waals surface area (Å²) in [7, 11) is 0. The molecule has 3 N–H and O–H groups in total. The zero-order valence-electron chi connectivity index (χ0n) is 10.7. The largest absolute Gasteiger partial charge is 0.478 e. The maximum atomic E-state index is 11.5. The summed E-state index contributed by atoms with van der Waals surface area (Å²) < 4.78 is 0. The second kappa shape index (κ2) is 6.00. The van der Waals surface area contributed by atoms with Crippen LogP contribution in [0, 0.1) is 6.92 Å². The van der Waals surface area contributed by atoms with Gasteiger partial charge in [0.05, 0.1) is 11.3 Å². The third-order valence-corrected chi connectivity index (χ3v) is 2.42. The Hall–Kier alpha value is -2.11. The highest BCUT2D eigenvalue weighted by molar-refractivity contribution is 5.89. The standard InChI is InChI=1S/C12H17N3O3/c1-4-13-11(16)8(3)15-10-6-5-9(12(17)18)7(2)14-10/h5-6,8H,4H2,1-3H3,(H,13,16)(H,14,15)(H,17,18). The third kappa shape index (κ3) is 3.44. The number of carboxylic acids is 1. The average molecular weight is 251 g/mol. The Morgan fingerprint density at radius 2 is 2.11 bits per heavy atom. The molecule has 1 aromatic rings. The van der Waals surface area contributed by atoms with E-state index in [0.717, 1.165) is 0 Å². The number of hydrogen-bond acceptors (Lipinski definition) is 4. The summed E-state index contributed by atoms with van der Waals surface area (Å²) in [4.78, 5) is 26.4. The van der Waals surface area contributed by atoms with Crippen molar-refractivity contribution in [2.75, 3.05) is 11.9 Å². The summed E-state index contributed by atoms with van der Waals surface area (Å²) in [5, 5.41) is 14.5. The quantitative estimate of drug-likeness (QED) is 0.727. The fourth-order valence-electron chi connectivity index (χ4n) is 1.48. The molecule has 0 aliphatic carbocycles. The Balaban J connectivity index is 2.77. The van der Waals surface area contributed by atoms with Gasteiger partial charge in [-0.2, -0.15) is 0 Å². The minimum atomic E-state index is -1.01. The zero-order chi connectivity index (χ0) is 13.7. The molecule has 1 aromatic heterocycles. The van der Waals surface area contributed by atoms with Crippen molar-refractivity contribution in [1.29, 1.82) is 0 Å². The lowest BCUT2D eigenvalue weighted by Crippen LogP contribution is -2.37. The smallest absolute Gasteiger partial charge is 0.337 e. The molecular weight excluding hydrogens is 234 g/mol. The number of nitrogens with zero attached hydrogens (tertiary/aromatic N) is 1. The fraction of sp³-hybridized carbons (Fsp3) is 0.417. The highest BCUT2D eigenvalue weighted by Gasteiger charge is 2.13. The van der Waals surface area contributed by atoms with Gasteiger partial charge in [-0.25, -0.2) is 9.78 Å². The Bertz CT molecular complexity index is 460. The molecule has 1 rings (SSSR count). The number of pyridine rings is 1. The van der Waals surface area contributed by atoms with Crippen LogP contribution < -0.4 is 10.6 Å². The van der Waals surface area contributed by atoms with Gasteiger partial charge in [-0.05, 0) is 32.9 Å². The van der Waals surface area contributed by atoms with Gasteiger partial charge in [0.25, 0.3) is 0 Å². The molecule has 0 bridgehead atoms. The van der Waals surface area contributed by atoms with Crippen molar-refractivity contribution in [2.45, 2.75) is 26.8 Å². The second-order valence-electron chi connectivity index (χ2n) is 3.90. The van der Waals surface area contributed by atoms with Gasteiger partial charge < -0.3 is 15.7 Å². The van der Waals surface area contributed by atoms with Crippen LogP contribution in [0.2, 0.25) is 0 Å². The van der Waals surface area contributed by atoms with E-state index in [-0.39, 0.29) is 11.5 Å². The van der Waals surface area contributed by atoms with Crippen molar-refractivity contribution in [3.8, 4) is 0 Å². The predicted octanol–water partition coefficient (Wildman–Crippen LogP) is 1.02. The first-order valence-corrected chi connectivity index (χ1v) is 5.71. The molecule has 0 aromatic carbocycles. The Morgan fingerprint density at radius 3 is 2.61 bits per heavy atom. The maximum absolute atomic E-state index is 11.5. The van der Waals surface area contributed by atoms with E-state index >= 15 is 0 Å². The molecular formula is C12H17N3O3. The average Bonchev–Trinajstić information content (AvgIpc) is 2.28. The highest BCUT2D eigenvalue weighted by Crippen LogP contribution is 2.11. The summed E-state index contributed by atoms with van der Waals surface area (Å²) in [5.74, 6) is -0.654. The lowest BCUT2D eigenvalue weighted by atomic mass is 10.2. The van der Waals surface area contributed by atoms with E-state index < -0.39 is 12.0 Å². The van der Waals surface area contributed by atoms with Crippen molar-refractivity contribution >= 4 is 17.7 Å². The fourth-order valence-corrected chi connectivity index (χ4v) is 1.48. The molecule has 18 heavy (non-hydrogen) atoms. The van der Waals surface area contributed by atoms with E-state index in [2.05, 4.69) is 15.6 Å². The first-order chi connectivity index (χ1) is 8.45. The van der Waals surface area contributed by atoms with Crippen LogP contribution in [0.15, 0.2) is 12.1 Å². The lowest BCUT2D eigenvalue weighted by Gasteiger charge is -2.14. The number of aromatic nitrogens is 1. The van der Waals surface area contributed by atoms with Crippen LogP contribution in [0.25, 0.3) is 0 Å². The molecule has 1 unspecified atom stereocenters. The van der Waals surface area contributed by atoms with Crippen molar-refractivity contribution in [1.82, 2.24) is 10.3 Å². The molecule has 0 fully saturated rings. The molecule has 0 radical (unpaired) electrons. The topological polar surface area (TPSA) is 91.3 Å². The highest BCUT2D eigenvalue weighted by atomic mass is 16.4. The number of nitrogens with one attached hydrogen (secondary N) is 2. The van der Waals surface area contributed by atoms with Crippen LogP contribution in [0.3, 0.4) is 0 Å². The molecule has 0 aliphatic heterocycles. The molecule has 98 valence electrons. The van der Waals surface area contributed by atoms with E-state index in [4.69, 9.17) is 5.11 Å². The molecule has 1 amide bonds. The van der Waals surface area contributed by atoms with Gasteiger partial charge >= 0.3 is 5.97 Å². The Labute approximate surface area is 105 Å². The molecule has 6 nitrogen and oxygen atoms in total. The van der Waals surface area contributed by atoms with Crippen LogP contribution in [0.5, 0.6) is 0 Å². The number of rotatable bonds is 5. The number of aromatic carboxylic acids is 1. The van der Waals surface area contributed by atoms with E-state index in [0.29, 0.717) is 18.1 Å². The predicted molar refractivity (Wildman–Crippen MR) is 67.7 cm³/mol. The monoisotopic (exact) mass is 251 g/mol. The molecule has 0 aliphatic rings. The van der Waals surface area contributed by atoms with Gasteiger partial charge in [-0.15, -0.1) is 0 Å². The number of likely N-dealkylation sites (N-methyl/N-ethyl adjacent to an activating group) is 1. The van der Waals surface area contributed by atoms with Crippen LogP contribution in [0.1, 0.15) is 29.9 Å². The van der Waals surface area contributed by atoms with Crippen LogP contribution in [-0.2, 0) is 4.79 Å². The molecule has 0 spiro atoms. The van der Waals surface area contributed by atoms with Crippen molar-refractivity contribution in [2.24, 2.45) is 0 Å². The third-order valence-electron chi connectivity index (χ3n) is 2.42. The van der Waals surface area contributed by atoms with Gasteiger partial charge in [0, 0.05) is 6.54 Å². The van der Waals surface area contributed by atoms with Crippen LogP contribution in [-0.4, -0.2) is 34.6 Å². The minimum absolute atomic E-state index is 0.126. The van der Waals surface area contributed by atoms with Gasteiger partial charge in [-0.1, -0.05) is 0 Å². The molecule has 1 atom stereocenters. The number of amides is 1. The van der Waals surface area contributed by atoms with Gasteiger partial charge in [0.15, 0.2) is 0 Å². The van der Waals surface area contributed by atoms with E-state index in [9.17, 15) is 9.59 Å². The van der Waals surface area contributed by atoms with Crippen LogP contribution in [0.4, 0.5) is 5.82 Å². The second-order valence-corrected chi connectivity index (χ2v) is 3.90. The first-order valence-electron chi connectivity index (χ1n) is 5.71. The number of carbonyl (C=O) groups is 2. The minimum Gasteiger partial charge on any atom is -0.478 e. The van der Waals surface area contributed by atoms with E-state index in [1.165, 1.54) is 6.07 Å².